The second-order valence-corrected chi connectivity index (χ2v) is 7.40. The van der Waals surface area contributed by atoms with Gasteiger partial charge in [-0.15, -0.1) is 0 Å². The smallest absolute Gasteiger partial charge is 0.237 e. The standard InChI is InChI=1S/C27H24N2O3/c1-4-30-26-14-20(16-29-27-24(15-28)18(2)19(3)32-27)12-13-25(26)31-17-22-10-7-9-21-8-5-6-11-23(21)22/h5-14,16H,4,17H2,1-3H3. The molecule has 0 radical (unpaired) electrons. The van der Waals surface area contributed by atoms with E-state index in [0.717, 1.165) is 16.7 Å². The number of ether oxygens (including phenoxy) is 2. The number of nitriles is 1. The van der Waals surface area contributed by atoms with Crippen LogP contribution in [0.3, 0.4) is 0 Å². The van der Waals surface area contributed by atoms with E-state index < -0.39 is 0 Å². The summed E-state index contributed by atoms with van der Waals surface area (Å²) in [5, 5.41) is 11.7. The minimum Gasteiger partial charge on any atom is -0.490 e. The molecule has 0 unspecified atom stereocenters. The molecule has 0 fully saturated rings. The van der Waals surface area contributed by atoms with Gasteiger partial charge in [-0.3, -0.25) is 0 Å². The fourth-order valence-electron chi connectivity index (χ4n) is 3.53. The van der Waals surface area contributed by atoms with Gasteiger partial charge < -0.3 is 13.9 Å². The third kappa shape index (κ3) is 4.35. The lowest BCUT2D eigenvalue weighted by Gasteiger charge is -2.13. The van der Waals surface area contributed by atoms with Crippen molar-refractivity contribution in [3.05, 3.63) is 88.7 Å². The largest absolute Gasteiger partial charge is 0.490 e. The number of aryl methyl sites for hydroxylation is 1. The molecule has 0 saturated carbocycles. The average molecular weight is 425 g/mol. The fraction of sp³-hybridized carbons (Fsp3) is 0.185. The summed E-state index contributed by atoms with van der Waals surface area (Å²) in [5.74, 6) is 2.32. The van der Waals surface area contributed by atoms with Gasteiger partial charge in [0.2, 0.25) is 5.88 Å². The molecule has 0 aliphatic heterocycles. The van der Waals surface area contributed by atoms with Gasteiger partial charge in [0.15, 0.2) is 11.5 Å². The average Bonchev–Trinajstić information content (AvgIpc) is 3.09. The minimum atomic E-state index is 0.316. The van der Waals surface area contributed by atoms with Crippen molar-refractivity contribution in [2.75, 3.05) is 6.61 Å². The predicted octanol–water partition coefficient (Wildman–Crippen LogP) is 6.65. The van der Waals surface area contributed by atoms with Crippen LogP contribution in [0, 0.1) is 25.2 Å². The molecule has 32 heavy (non-hydrogen) atoms. The first-order chi connectivity index (χ1) is 15.6. The Bertz CT molecular complexity index is 1320. The molecule has 0 amide bonds. The first kappa shape index (κ1) is 21.2. The maximum Gasteiger partial charge on any atom is 0.237 e. The zero-order valence-corrected chi connectivity index (χ0v) is 18.4. The van der Waals surface area contributed by atoms with E-state index in [1.165, 1.54) is 10.8 Å². The van der Waals surface area contributed by atoms with E-state index in [0.29, 0.717) is 41.9 Å². The summed E-state index contributed by atoms with van der Waals surface area (Å²) in [6, 6.07) is 22.3. The number of rotatable bonds is 7. The Morgan fingerprint density at radius 2 is 1.81 bits per heavy atom. The molecule has 1 aromatic heterocycles. The number of nitrogens with zero attached hydrogens (tertiary/aromatic N) is 2. The monoisotopic (exact) mass is 424 g/mol. The van der Waals surface area contributed by atoms with E-state index in [1.807, 2.05) is 57.2 Å². The lowest BCUT2D eigenvalue weighted by atomic mass is 10.1. The van der Waals surface area contributed by atoms with Crippen LogP contribution in [0.5, 0.6) is 11.5 Å². The number of benzene rings is 3. The molecule has 0 aliphatic rings. The summed E-state index contributed by atoms with van der Waals surface area (Å²) in [6.07, 6.45) is 1.66. The van der Waals surface area contributed by atoms with E-state index in [-0.39, 0.29) is 0 Å². The minimum absolute atomic E-state index is 0.316. The molecular weight excluding hydrogens is 400 g/mol. The highest BCUT2D eigenvalue weighted by molar-refractivity contribution is 5.85. The van der Waals surface area contributed by atoms with Gasteiger partial charge in [-0.2, -0.15) is 5.26 Å². The van der Waals surface area contributed by atoms with E-state index in [9.17, 15) is 5.26 Å². The second kappa shape index (κ2) is 9.40. The van der Waals surface area contributed by atoms with Gasteiger partial charge >= 0.3 is 0 Å². The first-order valence-corrected chi connectivity index (χ1v) is 10.5. The van der Waals surface area contributed by atoms with Crippen molar-refractivity contribution in [3.63, 3.8) is 0 Å². The van der Waals surface area contributed by atoms with Crippen molar-refractivity contribution < 1.29 is 13.9 Å². The van der Waals surface area contributed by atoms with E-state index >= 15 is 0 Å². The van der Waals surface area contributed by atoms with Crippen LogP contribution in [-0.4, -0.2) is 12.8 Å². The number of hydrogen-bond acceptors (Lipinski definition) is 5. The highest BCUT2D eigenvalue weighted by atomic mass is 16.5. The summed E-state index contributed by atoms with van der Waals surface area (Å²) in [4.78, 5) is 4.38. The first-order valence-electron chi connectivity index (χ1n) is 10.5. The summed E-state index contributed by atoms with van der Waals surface area (Å²) in [5.41, 5.74) is 3.20. The van der Waals surface area contributed by atoms with Crippen LogP contribution in [0.15, 0.2) is 70.1 Å². The zero-order valence-electron chi connectivity index (χ0n) is 18.4. The fourth-order valence-corrected chi connectivity index (χ4v) is 3.53. The SMILES string of the molecule is CCOc1cc(C=Nc2oc(C)c(C)c2C#N)ccc1OCc1cccc2ccccc12. The molecule has 5 nitrogen and oxygen atoms in total. The van der Waals surface area contributed by atoms with Crippen LogP contribution in [-0.2, 0) is 6.61 Å². The van der Waals surface area contributed by atoms with Crippen molar-refractivity contribution in [1.29, 1.82) is 5.26 Å². The quantitative estimate of drug-likeness (QED) is 0.312. The Morgan fingerprint density at radius 1 is 1.00 bits per heavy atom. The molecule has 0 atom stereocenters. The van der Waals surface area contributed by atoms with Gasteiger partial charge in [0.05, 0.1) is 6.61 Å². The van der Waals surface area contributed by atoms with Crippen molar-refractivity contribution in [2.45, 2.75) is 27.4 Å². The van der Waals surface area contributed by atoms with E-state index in [4.69, 9.17) is 13.9 Å². The van der Waals surface area contributed by atoms with Gasteiger partial charge in [-0.1, -0.05) is 42.5 Å². The lowest BCUT2D eigenvalue weighted by Crippen LogP contribution is -2.01. The van der Waals surface area contributed by atoms with Crippen LogP contribution in [0.25, 0.3) is 10.8 Å². The second-order valence-electron chi connectivity index (χ2n) is 7.40. The normalized spacial score (nSPS) is 11.1. The molecular formula is C27H24N2O3. The highest BCUT2D eigenvalue weighted by Gasteiger charge is 2.13. The topological polar surface area (TPSA) is 67.8 Å². The van der Waals surface area contributed by atoms with Crippen LogP contribution < -0.4 is 9.47 Å². The summed E-state index contributed by atoms with van der Waals surface area (Å²) in [6.45, 7) is 6.56. The number of hydrogen-bond donors (Lipinski definition) is 0. The van der Waals surface area contributed by atoms with E-state index in [1.54, 1.807) is 6.21 Å². The Labute approximate surface area is 187 Å². The molecule has 3 aromatic carbocycles. The highest BCUT2D eigenvalue weighted by Crippen LogP contribution is 2.31. The molecule has 0 saturated heterocycles. The van der Waals surface area contributed by atoms with Gasteiger partial charge in [0.1, 0.15) is 24.0 Å². The van der Waals surface area contributed by atoms with Gasteiger partial charge in [-0.05, 0) is 60.9 Å². The Kier molecular flexibility index (Phi) is 6.23. The molecule has 0 aliphatic carbocycles. The zero-order chi connectivity index (χ0) is 22.5. The van der Waals surface area contributed by atoms with Crippen LogP contribution in [0.2, 0.25) is 0 Å². The lowest BCUT2D eigenvalue weighted by molar-refractivity contribution is 0.270. The summed E-state index contributed by atoms with van der Waals surface area (Å²) >= 11 is 0. The van der Waals surface area contributed by atoms with Gasteiger partial charge in [0.25, 0.3) is 0 Å². The van der Waals surface area contributed by atoms with Crippen molar-refractivity contribution in [2.24, 2.45) is 4.99 Å². The summed E-state index contributed by atoms with van der Waals surface area (Å²) < 4.78 is 17.5. The molecule has 0 bridgehead atoms. The summed E-state index contributed by atoms with van der Waals surface area (Å²) in [7, 11) is 0. The third-order valence-corrected chi connectivity index (χ3v) is 5.34. The van der Waals surface area contributed by atoms with E-state index in [2.05, 4.69) is 35.3 Å². The molecule has 1 heterocycles. The van der Waals surface area contributed by atoms with Crippen molar-refractivity contribution >= 4 is 22.9 Å². The third-order valence-electron chi connectivity index (χ3n) is 5.34. The molecule has 5 heteroatoms. The number of aliphatic imine (C=N–C) groups is 1. The molecule has 4 aromatic rings. The number of furan rings is 1. The van der Waals surface area contributed by atoms with Crippen LogP contribution >= 0.6 is 0 Å². The Hall–Kier alpha value is -4.04. The Morgan fingerprint density at radius 3 is 2.62 bits per heavy atom. The predicted molar refractivity (Wildman–Crippen MR) is 126 cm³/mol. The van der Waals surface area contributed by atoms with Crippen molar-refractivity contribution in [3.8, 4) is 17.6 Å². The molecule has 0 spiro atoms. The van der Waals surface area contributed by atoms with Gasteiger partial charge in [0, 0.05) is 11.8 Å². The maximum absolute atomic E-state index is 9.36. The van der Waals surface area contributed by atoms with Crippen LogP contribution in [0.1, 0.15) is 34.9 Å². The van der Waals surface area contributed by atoms with Gasteiger partial charge in [-0.25, -0.2) is 4.99 Å². The molecule has 160 valence electrons. The molecule has 4 rings (SSSR count). The Balaban J connectivity index is 1.57. The number of fused-ring (bicyclic) bond motifs is 1. The van der Waals surface area contributed by atoms with Crippen LogP contribution in [0.4, 0.5) is 5.88 Å². The van der Waals surface area contributed by atoms with Crippen molar-refractivity contribution in [1.82, 2.24) is 0 Å². The molecule has 0 N–H and O–H groups in total. The maximum atomic E-state index is 9.36.